The van der Waals surface area contributed by atoms with Gasteiger partial charge in [0.25, 0.3) is 5.91 Å². The largest absolute Gasteiger partial charge is 0.481 e. The van der Waals surface area contributed by atoms with Gasteiger partial charge in [-0.15, -0.1) is 11.3 Å². The van der Waals surface area contributed by atoms with Crippen molar-refractivity contribution < 1.29 is 9.53 Å². The minimum atomic E-state index is -0.295. The predicted octanol–water partition coefficient (Wildman–Crippen LogP) is 2.07. The summed E-state index contributed by atoms with van der Waals surface area (Å²) in [6.45, 7) is 0. The Morgan fingerprint density at radius 3 is 3.00 bits per heavy atom. The maximum absolute atomic E-state index is 12.1. The number of ether oxygens (including phenoxy) is 1. The van der Waals surface area contributed by atoms with Crippen LogP contribution in [0.3, 0.4) is 0 Å². The van der Waals surface area contributed by atoms with Gasteiger partial charge in [0.2, 0.25) is 5.88 Å². The summed E-state index contributed by atoms with van der Waals surface area (Å²) < 4.78 is 4.98. The van der Waals surface area contributed by atoms with Crippen LogP contribution in [0.15, 0.2) is 12.4 Å². The summed E-state index contributed by atoms with van der Waals surface area (Å²) >= 11 is 1.55. The lowest BCUT2D eigenvalue weighted by molar-refractivity contribution is 0.102. The molecule has 1 aliphatic rings. The summed E-state index contributed by atoms with van der Waals surface area (Å²) in [5.41, 5.74) is 1.39. The number of methoxy groups -OCH3 is 1. The van der Waals surface area contributed by atoms with E-state index in [1.54, 1.807) is 11.3 Å². The standard InChI is InChI=1S/C13H14N4O2S/c1-19-11-6-9(14-7-15-11)12(18)17-13-16-8-4-2-3-5-10(8)20-13/h6-7H,2-5H2,1H3,(H,16,17,18). The number of amides is 1. The third-order valence-corrected chi connectivity index (χ3v) is 4.22. The van der Waals surface area contributed by atoms with Crippen molar-refractivity contribution in [3.05, 3.63) is 28.7 Å². The number of aromatic nitrogens is 3. The van der Waals surface area contributed by atoms with Crippen LogP contribution in [0.5, 0.6) is 5.88 Å². The quantitative estimate of drug-likeness (QED) is 0.936. The molecule has 6 nitrogen and oxygen atoms in total. The third kappa shape index (κ3) is 2.62. The van der Waals surface area contributed by atoms with Crippen molar-refractivity contribution in [3.8, 4) is 5.88 Å². The van der Waals surface area contributed by atoms with E-state index in [4.69, 9.17) is 4.74 Å². The molecule has 1 amide bonds. The zero-order chi connectivity index (χ0) is 13.9. The molecule has 0 bridgehead atoms. The Morgan fingerprint density at radius 2 is 2.20 bits per heavy atom. The van der Waals surface area contributed by atoms with Crippen LogP contribution in [-0.2, 0) is 12.8 Å². The minimum absolute atomic E-state index is 0.269. The molecule has 0 saturated carbocycles. The van der Waals surface area contributed by atoms with Gasteiger partial charge in [-0.2, -0.15) is 0 Å². The number of nitrogens with zero attached hydrogens (tertiary/aromatic N) is 3. The molecule has 2 heterocycles. The lowest BCUT2D eigenvalue weighted by Crippen LogP contribution is -2.14. The summed E-state index contributed by atoms with van der Waals surface area (Å²) in [5, 5.41) is 3.43. The molecule has 0 spiro atoms. The summed E-state index contributed by atoms with van der Waals surface area (Å²) in [4.78, 5) is 25.7. The number of nitrogens with one attached hydrogen (secondary N) is 1. The molecule has 1 N–H and O–H groups in total. The fourth-order valence-electron chi connectivity index (χ4n) is 2.14. The van der Waals surface area contributed by atoms with E-state index in [-0.39, 0.29) is 11.6 Å². The van der Waals surface area contributed by atoms with Crippen molar-refractivity contribution in [3.63, 3.8) is 0 Å². The lowest BCUT2D eigenvalue weighted by atomic mass is 10.0. The average Bonchev–Trinajstić information content (AvgIpc) is 2.89. The normalized spacial score (nSPS) is 13.7. The van der Waals surface area contributed by atoms with Gasteiger partial charge in [-0.3, -0.25) is 10.1 Å². The first-order valence-corrected chi connectivity index (χ1v) is 7.24. The molecule has 0 unspecified atom stereocenters. The van der Waals surface area contributed by atoms with Crippen molar-refractivity contribution in [1.82, 2.24) is 15.0 Å². The average molecular weight is 290 g/mol. The number of carbonyl (C=O) groups excluding carboxylic acids is 1. The Balaban J connectivity index is 1.76. The Hall–Kier alpha value is -2.02. The molecule has 0 atom stereocenters. The van der Waals surface area contributed by atoms with Crippen LogP contribution >= 0.6 is 11.3 Å². The molecular formula is C13H14N4O2S. The second-order valence-electron chi connectivity index (χ2n) is 4.50. The molecule has 7 heteroatoms. The highest BCUT2D eigenvalue weighted by Crippen LogP contribution is 2.29. The Labute approximate surface area is 120 Å². The highest BCUT2D eigenvalue weighted by Gasteiger charge is 2.17. The van der Waals surface area contributed by atoms with Gasteiger partial charge in [-0.25, -0.2) is 15.0 Å². The van der Waals surface area contributed by atoms with Gasteiger partial charge in [0, 0.05) is 10.9 Å². The van der Waals surface area contributed by atoms with Gasteiger partial charge in [-0.1, -0.05) is 0 Å². The SMILES string of the molecule is COc1cc(C(=O)Nc2nc3c(s2)CCCC3)ncn1. The molecule has 104 valence electrons. The van der Waals surface area contributed by atoms with Gasteiger partial charge >= 0.3 is 0 Å². The molecule has 1 aliphatic carbocycles. The van der Waals surface area contributed by atoms with E-state index in [2.05, 4.69) is 20.3 Å². The molecule has 2 aromatic heterocycles. The van der Waals surface area contributed by atoms with Crippen molar-refractivity contribution in [1.29, 1.82) is 0 Å². The number of hydrogen-bond acceptors (Lipinski definition) is 6. The minimum Gasteiger partial charge on any atom is -0.481 e. The monoisotopic (exact) mass is 290 g/mol. The Bertz CT molecular complexity index is 618. The van der Waals surface area contributed by atoms with Crippen molar-refractivity contribution in [2.24, 2.45) is 0 Å². The fraction of sp³-hybridized carbons (Fsp3) is 0.385. The molecule has 0 aliphatic heterocycles. The number of aryl methyl sites for hydroxylation is 2. The van der Waals surface area contributed by atoms with Crippen LogP contribution in [0.25, 0.3) is 0 Å². The predicted molar refractivity (Wildman–Crippen MR) is 75.3 cm³/mol. The molecule has 3 rings (SSSR count). The maximum Gasteiger partial charge on any atom is 0.276 e. The van der Waals surface area contributed by atoms with Crippen molar-refractivity contribution >= 4 is 22.4 Å². The summed E-state index contributed by atoms with van der Waals surface area (Å²) in [5.74, 6) is 0.0698. The van der Waals surface area contributed by atoms with E-state index >= 15 is 0 Å². The smallest absolute Gasteiger partial charge is 0.276 e. The number of thiazole rings is 1. The zero-order valence-corrected chi connectivity index (χ0v) is 11.9. The fourth-order valence-corrected chi connectivity index (χ4v) is 3.19. The van der Waals surface area contributed by atoms with Gasteiger partial charge in [-0.05, 0) is 25.7 Å². The van der Waals surface area contributed by atoms with Crippen LogP contribution in [0.2, 0.25) is 0 Å². The van der Waals surface area contributed by atoms with Crippen molar-refractivity contribution in [2.45, 2.75) is 25.7 Å². The van der Waals surface area contributed by atoms with Crippen LogP contribution in [0.4, 0.5) is 5.13 Å². The first-order valence-electron chi connectivity index (χ1n) is 6.42. The van der Waals surface area contributed by atoms with E-state index in [1.165, 1.54) is 37.2 Å². The number of carbonyl (C=O) groups is 1. The lowest BCUT2D eigenvalue weighted by Gasteiger charge is -2.06. The van der Waals surface area contributed by atoms with Crippen molar-refractivity contribution in [2.75, 3.05) is 12.4 Å². The second-order valence-corrected chi connectivity index (χ2v) is 5.58. The van der Waals surface area contributed by atoms with E-state index in [0.29, 0.717) is 11.0 Å². The Morgan fingerprint density at radius 1 is 1.35 bits per heavy atom. The van der Waals surface area contributed by atoms with E-state index in [0.717, 1.165) is 18.5 Å². The maximum atomic E-state index is 12.1. The van der Waals surface area contributed by atoms with E-state index in [1.807, 2.05) is 0 Å². The molecule has 2 aromatic rings. The number of anilines is 1. The molecule has 0 aromatic carbocycles. The van der Waals surface area contributed by atoms with Crippen LogP contribution in [-0.4, -0.2) is 28.0 Å². The van der Waals surface area contributed by atoms with Crippen LogP contribution < -0.4 is 10.1 Å². The number of fused-ring (bicyclic) bond motifs is 1. The molecule has 0 saturated heterocycles. The second kappa shape index (κ2) is 5.54. The zero-order valence-electron chi connectivity index (χ0n) is 11.0. The molecule has 0 radical (unpaired) electrons. The molecule has 20 heavy (non-hydrogen) atoms. The first-order chi connectivity index (χ1) is 9.76. The van der Waals surface area contributed by atoms with E-state index in [9.17, 15) is 4.79 Å². The van der Waals surface area contributed by atoms with Gasteiger partial charge in [0.1, 0.15) is 12.0 Å². The Kier molecular flexibility index (Phi) is 3.60. The number of rotatable bonds is 3. The third-order valence-electron chi connectivity index (χ3n) is 3.15. The first kappa shape index (κ1) is 13.0. The summed E-state index contributed by atoms with van der Waals surface area (Å²) in [6.07, 6.45) is 5.74. The molecular weight excluding hydrogens is 276 g/mol. The van der Waals surface area contributed by atoms with Crippen LogP contribution in [0.1, 0.15) is 33.9 Å². The highest BCUT2D eigenvalue weighted by atomic mass is 32.1. The summed E-state index contributed by atoms with van der Waals surface area (Å²) in [6, 6.07) is 1.50. The van der Waals surface area contributed by atoms with Gasteiger partial charge < -0.3 is 4.74 Å². The van der Waals surface area contributed by atoms with Gasteiger partial charge in [0.15, 0.2) is 5.13 Å². The topological polar surface area (TPSA) is 77.0 Å². The van der Waals surface area contributed by atoms with Crippen LogP contribution in [0, 0.1) is 0 Å². The number of hydrogen-bond donors (Lipinski definition) is 1. The summed E-state index contributed by atoms with van der Waals surface area (Å²) in [7, 11) is 1.50. The molecule has 0 fully saturated rings. The van der Waals surface area contributed by atoms with E-state index < -0.39 is 0 Å². The van der Waals surface area contributed by atoms with Gasteiger partial charge in [0.05, 0.1) is 12.8 Å². The highest BCUT2D eigenvalue weighted by molar-refractivity contribution is 7.15.